The molecule has 3 heterocycles. The van der Waals surface area contributed by atoms with Crippen LogP contribution in [-0.4, -0.2) is 53.9 Å². The largest absolute Gasteiger partial charge is 0.493 e. The van der Waals surface area contributed by atoms with Crippen molar-refractivity contribution in [3.05, 3.63) is 52.9 Å². The lowest BCUT2D eigenvalue weighted by atomic mass is 10.1. The fourth-order valence-corrected chi connectivity index (χ4v) is 3.56. The number of carbonyl (C=O) groups is 1. The van der Waals surface area contributed by atoms with E-state index in [1.165, 1.54) is 34.3 Å². The number of nitrogens with zero attached hydrogens (tertiary/aromatic N) is 3. The molecule has 1 saturated heterocycles. The highest BCUT2D eigenvalue weighted by molar-refractivity contribution is 6.00. The Morgan fingerprint density at radius 3 is 2.97 bits per heavy atom. The Balaban J connectivity index is 1.74. The second kappa shape index (κ2) is 8.50. The maximum atomic E-state index is 14.0. The molecule has 0 aromatic heterocycles. The summed E-state index contributed by atoms with van der Waals surface area (Å²) in [5.41, 5.74) is 8.96. The van der Waals surface area contributed by atoms with Crippen LogP contribution in [-0.2, 0) is 16.1 Å². The molecule has 1 aromatic carbocycles. The van der Waals surface area contributed by atoms with Gasteiger partial charge in [-0.2, -0.15) is 0 Å². The average molecular weight is 437 g/mol. The van der Waals surface area contributed by atoms with Crippen molar-refractivity contribution in [1.82, 2.24) is 15.3 Å². The highest BCUT2D eigenvalue weighted by Crippen LogP contribution is 2.32. The molecule has 8 nitrogen and oxygen atoms in total. The van der Waals surface area contributed by atoms with Crippen LogP contribution >= 0.6 is 0 Å². The number of alkyl halides is 2. The predicted octanol–water partition coefficient (Wildman–Crippen LogP) is 1.85. The number of rotatable bonds is 7. The maximum absolute atomic E-state index is 14.0. The van der Waals surface area contributed by atoms with Gasteiger partial charge in [-0.15, -0.1) is 0 Å². The van der Waals surface area contributed by atoms with Crippen LogP contribution in [0.3, 0.4) is 0 Å². The van der Waals surface area contributed by atoms with E-state index in [-0.39, 0.29) is 42.7 Å². The minimum Gasteiger partial charge on any atom is -0.493 e. The smallest absolute Gasteiger partial charge is 0.261 e. The zero-order valence-electron chi connectivity index (χ0n) is 16.8. The standard InChI is InChI=1S/C20H22F3N5O3/c1-2-5-30-15-4-3-12(21)6-11(15)8-27-14(17(22)23)10-31-16-9-28-19(26-20(16)27)13(7-25-28)18(24)29/h3-4,6,9,14,17,25H,2,5,7-8,10H2,1H3,(H2,24,29). The van der Waals surface area contributed by atoms with Gasteiger partial charge < -0.3 is 20.1 Å². The number of hydrogen-bond acceptors (Lipinski definition) is 7. The third kappa shape index (κ3) is 4.05. The number of nitrogens with two attached hydrogens (primary N) is 1. The van der Waals surface area contributed by atoms with E-state index in [0.29, 0.717) is 17.9 Å². The first-order valence-corrected chi connectivity index (χ1v) is 9.84. The van der Waals surface area contributed by atoms with E-state index in [0.717, 1.165) is 6.42 Å². The van der Waals surface area contributed by atoms with E-state index in [4.69, 9.17) is 15.2 Å². The molecule has 3 aliphatic heterocycles. The quantitative estimate of drug-likeness (QED) is 0.677. The third-order valence-electron chi connectivity index (χ3n) is 5.10. The zero-order chi connectivity index (χ0) is 22.1. The number of aliphatic imine (C=N–C) groups is 1. The summed E-state index contributed by atoms with van der Waals surface area (Å²) in [5, 5.41) is 1.47. The number of carbonyl (C=O) groups excluding carboxylic acids is 1. The van der Waals surface area contributed by atoms with Crippen LogP contribution in [0.4, 0.5) is 13.2 Å². The van der Waals surface area contributed by atoms with Crippen molar-refractivity contribution in [2.75, 3.05) is 19.8 Å². The van der Waals surface area contributed by atoms with Gasteiger partial charge in [0.15, 0.2) is 17.4 Å². The lowest BCUT2D eigenvalue weighted by molar-refractivity contribution is -0.114. The molecule has 0 radical (unpaired) electrons. The van der Waals surface area contributed by atoms with Crippen LogP contribution < -0.4 is 15.9 Å². The number of hydrazine groups is 1. The molecule has 1 atom stereocenters. The molecule has 1 unspecified atom stereocenters. The van der Waals surface area contributed by atoms with Crippen LogP contribution in [0.2, 0.25) is 0 Å². The van der Waals surface area contributed by atoms with Gasteiger partial charge in [0.05, 0.1) is 18.4 Å². The SMILES string of the molecule is CCCOc1ccc(F)cc1CN1C2=NC3=C(C(N)=O)CNN3C=C2OCC1C(F)F. The number of amidine groups is 1. The van der Waals surface area contributed by atoms with Gasteiger partial charge >= 0.3 is 0 Å². The fourth-order valence-electron chi connectivity index (χ4n) is 3.56. The molecule has 1 fully saturated rings. The molecule has 0 aliphatic carbocycles. The lowest BCUT2D eigenvalue weighted by Gasteiger charge is -2.40. The molecular formula is C20H22F3N5O3. The van der Waals surface area contributed by atoms with Crippen molar-refractivity contribution in [3.63, 3.8) is 0 Å². The predicted molar refractivity (Wildman–Crippen MR) is 105 cm³/mol. The number of ether oxygens (including phenoxy) is 2. The Morgan fingerprint density at radius 2 is 2.26 bits per heavy atom. The number of morpholine rings is 1. The van der Waals surface area contributed by atoms with Crippen LogP contribution in [0.15, 0.2) is 46.5 Å². The molecule has 1 amide bonds. The van der Waals surface area contributed by atoms with Gasteiger partial charge in [0, 0.05) is 18.7 Å². The highest BCUT2D eigenvalue weighted by atomic mass is 19.3. The summed E-state index contributed by atoms with van der Waals surface area (Å²) >= 11 is 0. The number of primary amides is 1. The Bertz CT molecular complexity index is 979. The molecule has 0 saturated carbocycles. The molecule has 11 heteroatoms. The van der Waals surface area contributed by atoms with Gasteiger partial charge in [-0.3, -0.25) is 9.80 Å². The van der Waals surface area contributed by atoms with Crippen molar-refractivity contribution in [2.45, 2.75) is 32.4 Å². The number of halogens is 3. The number of amides is 1. The average Bonchev–Trinajstić information content (AvgIpc) is 3.15. The normalized spacial score (nSPS) is 20.2. The minimum atomic E-state index is -2.75. The van der Waals surface area contributed by atoms with Crippen molar-refractivity contribution in [3.8, 4) is 5.75 Å². The summed E-state index contributed by atoms with van der Waals surface area (Å²) < 4.78 is 52.9. The topological polar surface area (TPSA) is 92.4 Å². The Kier molecular flexibility index (Phi) is 5.77. The number of fused-ring (bicyclic) bond motifs is 2. The second-order valence-corrected chi connectivity index (χ2v) is 7.24. The first kappa shape index (κ1) is 21.0. The molecule has 1 aromatic rings. The zero-order valence-corrected chi connectivity index (χ0v) is 16.8. The van der Waals surface area contributed by atoms with Gasteiger partial charge in [-0.25, -0.2) is 23.6 Å². The number of hydrogen-bond donors (Lipinski definition) is 2. The summed E-state index contributed by atoms with van der Waals surface area (Å²) in [5.74, 6) is -0.170. The van der Waals surface area contributed by atoms with Crippen LogP contribution in [0.1, 0.15) is 18.9 Å². The summed E-state index contributed by atoms with van der Waals surface area (Å²) in [4.78, 5) is 17.5. The summed E-state index contributed by atoms with van der Waals surface area (Å²) in [6, 6.07) is 2.67. The van der Waals surface area contributed by atoms with Gasteiger partial charge in [0.25, 0.3) is 6.43 Å². The maximum Gasteiger partial charge on any atom is 0.261 e. The number of benzene rings is 1. The highest BCUT2D eigenvalue weighted by Gasteiger charge is 2.41. The van der Waals surface area contributed by atoms with E-state index in [1.54, 1.807) is 0 Å². The molecule has 4 rings (SSSR count). The molecule has 3 aliphatic rings. The third-order valence-corrected chi connectivity index (χ3v) is 5.10. The van der Waals surface area contributed by atoms with Gasteiger partial charge in [-0.1, -0.05) is 6.92 Å². The van der Waals surface area contributed by atoms with Crippen LogP contribution in [0.5, 0.6) is 5.75 Å². The van der Waals surface area contributed by atoms with Crippen LogP contribution in [0, 0.1) is 5.82 Å². The van der Waals surface area contributed by atoms with Crippen molar-refractivity contribution in [2.24, 2.45) is 10.7 Å². The first-order valence-electron chi connectivity index (χ1n) is 9.84. The van der Waals surface area contributed by atoms with E-state index in [9.17, 15) is 18.0 Å². The van der Waals surface area contributed by atoms with Gasteiger partial charge in [0.1, 0.15) is 24.2 Å². The van der Waals surface area contributed by atoms with Crippen LogP contribution in [0.25, 0.3) is 0 Å². The van der Waals surface area contributed by atoms with Gasteiger partial charge in [-0.05, 0) is 24.6 Å². The molecule has 0 spiro atoms. The first-order chi connectivity index (χ1) is 14.9. The van der Waals surface area contributed by atoms with Crippen molar-refractivity contribution >= 4 is 11.7 Å². The Hall–Kier alpha value is -3.21. The molecule has 31 heavy (non-hydrogen) atoms. The molecule has 166 valence electrons. The van der Waals surface area contributed by atoms with Crippen molar-refractivity contribution < 1.29 is 27.4 Å². The monoisotopic (exact) mass is 437 g/mol. The molecule has 0 bridgehead atoms. The minimum absolute atomic E-state index is 0.0854. The Labute approximate surface area is 176 Å². The molecule has 3 N–H and O–H groups in total. The Morgan fingerprint density at radius 1 is 1.45 bits per heavy atom. The van der Waals surface area contributed by atoms with E-state index >= 15 is 0 Å². The summed E-state index contributed by atoms with van der Waals surface area (Å²) in [6.45, 7) is 2.12. The van der Waals surface area contributed by atoms with Gasteiger partial charge in [0.2, 0.25) is 5.91 Å². The second-order valence-electron chi connectivity index (χ2n) is 7.24. The summed E-state index contributed by atoms with van der Waals surface area (Å²) in [7, 11) is 0. The number of nitrogens with one attached hydrogen (secondary N) is 1. The van der Waals surface area contributed by atoms with E-state index < -0.39 is 24.2 Å². The summed E-state index contributed by atoms with van der Waals surface area (Å²) in [6.07, 6.45) is -0.481. The van der Waals surface area contributed by atoms with Crippen molar-refractivity contribution in [1.29, 1.82) is 0 Å². The fraction of sp³-hybridized carbons (Fsp3) is 0.400. The molecular weight excluding hydrogens is 415 g/mol. The lowest BCUT2D eigenvalue weighted by Crippen LogP contribution is -2.53. The van der Waals surface area contributed by atoms with E-state index in [2.05, 4.69) is 10.4 Å². The van der Waals surface area contributed by atoms with E-state index in [1.807, 2.05) is 6.92 Å².